The van der Waals surface area contributed by atoms with Crippen molar-refractivity contribution in [3.8, 4) is 0 Å². The Labute approximate surface area is 129 Å². The Bertz CT molecular complexity index is 276. The summed E-state index contributed by atoms with van der Waals surface area (Å²) in [5.41, 5.74) is 0. The SMILES string of the molecule is CCCCCCCCCCOC(=O)C(CC)C(=O)OCC. The molecular weight excluding hydrogens is 268 g/mol. The summed E-state index contributed by atoms with van der Waals surface area (Å²) in [7, 11) is 0. The summed E-state index contributed by atoms with van der Waals surface area (Å²) in [5, 5.41) is 0. The van der Waals surface area contributed by atoms with Crippen molar-refractivity contribution in [2.24, 2.45) is 5.92 Å². The molecule has 0 saturated carbocycles. The van der Waals surface area contributed by atoms with Gasteiger partial charge in [0.1, 0.15) is 0 Å². The van der Waals surface area contributed by atoms with Crippen LogP contribution in [0.3, 0.4) is 0 Å². The standard InChI is InChI=1S/C17H32O4/c1-4-7-8-9-10-11-12-13-14-21-17(19)15(5-2)16(18)20-6-3/h15H,4-14H2,1-3H3. The van der Waals surface area contributed by atoms with E-state index >= 15 is 0 Å². The van der Waals surface area contributed by atoms with Gasteiger partial charge in [-0.1, -0.05) is 58.8 Å². The number of hydrogen-bond acceptors (Lipinski definition) is 4. The van der Waals surface area contributed by atoms with Crippen molar-refractivity contribution in [2.75, 3.05) is 13.2 Å². The van der Waals surface area contributed by atoms with Crippen LogP contribution in [0.15, 0.2) is 0 Å². The number of carbonyl (C=O) groups is 2. The van der Waals surface area contributed by atoms with E-state index in [4.69, 9.17) is 9.47 Å². The molecule has 0 heterocycles. The highest BCUT2D eigenvalue weighted by Gasteiger charge is 2.27. The molecule has 0 aromatic heterocycles. The van der Waals surface area contributed by atoms with Crippen LogP contribution in [0.5, 0.6) is 0 Å². The molecule has 0 bridgehead atoms. The number of ether oxygens (including phenoxy) is 2. The van der Waals surface area contributed by atoms with E-state index in [-0.39, 0.29) is 0 Å². The maximum absolute atomic E-state index is 11.8. The van der Waals surface area contributed by atoms with Gasteiger partial charge in [-0.05, 0) is 19.8 Å². The first-order valence-corrected chi connectivity index (χ1v) is 8.50. The average molecular weight is 300 g/mol. The molecule has 0 spiro atoms. The molecule has 0 radical (unpaired) electrons. The van der Waals surface area contributed by atoms with E-state index in [0.29, 0.717) is 19.6 Å². The van der Waals surface area contributed by atoms with Gasteiger partial charge in [0.05, 0.1) is 13.2 Å². The molecule has 0 aliphatic heterocycles. The van der Waals surface area contributed by atoms with Crippen molar-refractivity contribution < 1.29 is 19.1 Å². The fraction of sp³-hybridized carbons (Fsp3) is 0.882. The maximum Gasteiger partial charge on any atom is 0.320 e. The Balaban J connectivity index is 3.62. The van der Waals surface area contributed by atoms with Crippen LogP contribution in [0, 0.1) is 5.92 Å². The van der Waals surface area contributed by atoms with E-state index in [2.05, 4.69) is 6.92 Å². The first-order valence-electron chi connectivity index (χ1n) is 8.50. The van der Waals surface area contributed by atoms with Gasteiger partial charge in [0.15, 0.2) is 5.92 Å². The topological polar surface area (TPSA) is 52.6 Å². The van der Waals surface area contributed by atoms with E-state index in [1.54, 1.807) is 13.8 Å². The van der Waals surface area contributed by atoms with Crippen LogP contribution >= 0.6 is 0 Å². The van der Waals surface area contributed by atoms with Crippen molar-refractivity contribution in [3.63, 3.8) is 0 Å². The van der Waals surface area contributed by atoms with Gasteiger partial charge in [0, 0.05) is 0 Å². The van der Waals surface area contributed by atoms with Crippen LogP contribution in [-0.4, -0.2) is 25.2 Å². The van der Waals surface area contributed by atoms with Crippen LogP contribution in [0.2, 0.25) is 0 Å². The summed E-state index contributed by atoms with van der Waals surface area (Å²) in [6.45, 7) is 6.44. The number of rotatable bonds is 13. The summed E-state index contributed by atoms with van der Waals surface area (Å²) in [4.78, 5) is 23.3. The molecule has 0 fully saturated rings. The second kappa shape index (κ2) is 13.9. The average Bonchev–Trinajstić information content (AvgIpc) is 2.46. The van der Waals surface area contributed by atoms with E-state index in [0.717, 1.165) is 12.8 Å². The number of unbranched alkanes of at least 4 members (excludes halogenated alkanes) is 7. The molecule has 0 aromatic rings. The summed E-state index contributed by atoms with van der Waals surface area (Å²) in [5.74, 6) is -1.68. The first-order chi connectivity index (χ1) is 10.2. The quantitative estimate of drug-likeness (QED) is 0.290. The molecule has 0 aromatic carbocycles. The zero-order chi connectivity index (χ0) is 15.9. The fourth-order valence-corrected chi connectivity index (χ4v) is 2.18. The van der Waals surface area contributed by atoms with Crippen molar-refractivity contribution in [1.29, 1.82) is 0 Å². The van der Waals surface area contributed by atoms with E-state index < -0.39 is 17.9 Å². The fourth-order valence-electron chi connectivity index (χ4n) is 2.18. The van der Waals surface area contributed by atoms with Crippen molar-refractivity contribution in [1.82, 2.24) is 0 Å². The molecule has 1 atom stereocenters. The van der Waals surface area contributed by atoms with Gasteiger partial charge in [-0.2, -0.15) is 0 Å². The Hall–Kier alpha value is -1.06. The summed E-state index contributed by atoms with van der Waals surface area (Å²) in [6.07, 6.45) is 10.0. The van der Waals surface area contributed by atoms with Gasteiger partial charge < -0.3 is 9.47 Å². The minimum Gasteiger partial charge on any atom is -0.465 e. The molecule has 0 amide bonds. The Morgan fingerprint density at radius 3 is 1.81 bits per heavy atom. The van der Waals surface area contributed by atoms with Crippen LogP contribution < -0.4 is 0 Å². The van der Waals surface area contributed by atoms with E-state index in [1.165, 1.54) is 38.5 Å². The smallest absolute Gasteiger partial charge is 0.320 e. The van der Waals surface area contributed by atoms with Gasteiger partial charge in [-0.25, -0.2) is 0 Å². The molecule has 4 heteroatoms. The number of carbonyl (C=O) groups excluding carboxylic acids is 2. The third-order valence-electron chi connectivity index (χ3n) is 3.51. The Kier molecular flexibility index (Phi) is 13.2. The highest BCUT2D eigenvalue weighted by Crippen LogP contribution is 2.11. The Morgan fingerprint density at radius 1 is 0.762 bits per heavy atom. The van der Waals surface area contributed by atoms with Gasteiger partial charge in [-0.15, -0.1) is 0 Å². The second-order valence-electron chi connectivity index (χ2n) is 5.36. The predicted octanol–water partition coefficient (Wildman–Crippen LogP) is 4.26. The van der Waals surface area contributed by atoms with Gasteiger partial charge >= 0.3 is 11.9 Å². The van der Waals surface area contributed by atoms with Crippen molar-refractivity contribution in [3.05, 3.63) is 0 Å². The number of esters is 2. The molecular formula is C17H32O4. The third-order valence-corrected chi connectivity index (χ3v) is 3.51. The lowest BCUT2D eigenvalue weighted by molar-refractivity contribution is -0.162. The normalized spacial score (nSPS) is 12.0. The Morgan fingerprint density at radius 2 is 1.29 bits per heavy atom. The molecule has 0 aliphatic rings. The van der Waals surface area contributed by atoms with Gasteiger partial charge in [-0.3, -0.25) is 9.59 Å². The van der Waals surface area contributed by atoms with E-state index in [9.17, 15) is 9.59 Å². The maximum atomic E-state index is 11.8. The second-order valence-corrected chi connectivity index (χ2v) is 5.36. The lowest BCUT2D eigenvalue weighted by atomic mass is 10.1. The largest absolute Gasteiger partial charge is 0.465 e. The minimum atomic E-state index is -0.765. The predicted molar refractivity (Wildman–Crippen MR) is 84.0 cm³/mol. The monoisotopic (exact) mass is 300 g/mol. The molecule has 0 aliphatic carbocycles. The highest BCUT2D eigenvalue weighted by molar-refractivity contribution is 5.94. The number of hydrogen-bond donors (Lipinski definition) is 0. The molecule has 21 heavy (non-hydrogen) atoms. The van der Waals surface area contributed by atoms with Crippen LogP contribution in [0.4, 0.5) is 0 Å². The van der Waals surface area contributed by atoms with Gasteiger partial charge in [0.25, 0.3) is 0 Å². The zero-order valence-corrected chi connectivity index (χ0v) is 14.0. The van der Waals surface area contributed by atoms with Gasteiger partial charge in [0.2, 0.25) is 0 Å². The summed E-state index contributed by atoms with van der Waals surface area (Å²) < 4.78 is 10.0. The summed E-state index contributed by atoms with van der Waals surface area (Å²) >= 11 is 0. The molecule has 124 valence electrons. The molecule has 0 saturated heterocycles. The molecule has 4 nitrogen and oxygen atoms in total. The first kappa shape index (κ1) is 19.9. The van der Waals surface area contributed by atoms with Crippen molar-refractivity contribution in [2.45, 2.75) is 78.6 Å². The van der Waals surface area contributed by atoms with Crippen LogP contribution in [-0.2, 0) is 19.1 Å². The van der Waals surface area contributed by atoms with Crippen LogP contribution in [0.25, 0.3) is 0 Å². The molecule has 1 unspecified atom stereocenters. The zero-order valence-electron chi connectivity index (χ0n) is 14.0. The molecule has 0 rings (SSSR count). The minimum absolute atomic E-state index is 0.292. The lowest BCUT2D eigenvalue weighted by Crippen LogP contribution is -2.27. The molecule has 0 N–H and O–H groups in total. The van der Waals surface area contributed by atoms with E-state index in [1.807, 2.05) is 0 Å². The lowest BCUT2D eigenvalue weighted by Gasteiger charge is -2.12. The van der Waals surface area contributed by atoms with Crippen LogP contribution in [0.1, 0.15) is 78.6 Å². The highest BCUT2D eigenvalue weighted by atomic mass is 16.6. The van der Waals surface area contributed by atoms with Crippen molar-refractivity contribution >= 4 is 11.9 Å². The summed E-state index contributed by atoms with van der Waals surface area (Å²) in [6, 6.07) is 0. The third kappa shape index (κ3) is 10.3.